The van der Waals surface area contributed by atoms with E-state index in [1.807, 2.05) is 0 Å². The van der Waals surface area contributed by atoms with Crippen LogP contribution in [-0.2, 0) is 22.3 Å². The predicted molar refractivity (Wildman–Crippen MR) is 109 cm³/mol. The number of benzene rings is 1. The SMILES string of the molecule is CC(C)C(=O)NCc1ccc(C(F)(F)F)c(C2NC(=O)CC(c3ccc(Cl)cn3)N2)c1. The molecule has 3 rings (SSSR count). The van der Waals surface area contributed by atoms with E-state index in [0.29, 0.717) is 16.3 Å². The summed E-state index contributed by atoms with van der Waals surface area (Å²) in [5, 5.41) is 8.71. The highest BCUT2D eigenvalue weighted by atomic mass is 35.5. The molecular formula is C21H22ClF3N4O2. The van der Waals surface area contributed by atoms with Gasteiger partial charge in [0.1, 0.15) is 6.17 Å². The Kier molecular flexibility index (Phi) is 6.86. The minimum atomic E-state index is -4.62. The van der Waals surface area contributed by atoms with Crippen molar-refractivity contribution in [3.8, 4) is 0 Å². The molecule has 1 aliphatic heterocycles. The first-order chi connectivity index (χ1) is 14.5. The molecule has 2 atom stereocenters. The summed E-state index contributed by atoms with van der Waals surface area (Å²) < 4.78 is 41.0. The first kappa shape index (κ1) is 23.0. The summed E-state index contributed by atoms with van der Waals surface area (Å²) >= 11 is 5.85. The average Bonchev–Trinajstić information content (AvgIpc) is 2.71. The lowest BCUT2D eigenvalue weighted by molar-refractivity contribution is -0.139. The van der Waals surface area contributed by atoms with E-state index >= 15 is 0 Å². The Labute approximate surface area is 182 Å². The second-order valence-corrected chi connectivity index (χ2v) is 8.05. The summed E-state index contributed by atoms with van der Waals surface area (Å²) in [6.45, 7) is 3.52. The van der Waals surface area contributed by atoms with E-state index in [4.69, 9.17) is 11.6 Å². The molecule has 3 N–H and O–H groups in total. The zero-order valence-electron chi connectivity index (χ0n) is 16.9. The van der Waals surface area contributed by atoms with Crippen LogP contribution in [-0.4, -0.2) is 16.8 Å². The fraction of sp³-hybridized carbons (Fsp3) is 0.381. The molecule has 0 saturated carbocycles. The number of carbonyl (C=O) groups is 2. The highest BCUT2D eigenvalue weighted by Crippen LogP contribution is 2.36. The summed E-state index contributed by atoms with van der Waals surface area (Å²) in [6.07, 6.45) is -4.26. The molecule has 1 aromatic heterocycles. The van der Waals surface area contributed by atoms with Crippen molar-refractivity contribution in [1.29, 1.82) is 0 Å². The molecule has 0 spiro atoms. The Morgan fingerprint density at radius 2 is 2.03 bits per heavy atom. The topological polar surface area (TPSA) is 83.1 Å². The maximum absolute atomic E-state index is 13.7. The van der Waals surface area contributed by atoms with E-state index in [-0.39, 0.29) is 30.4 Å². The van der Waals surface area contributed by atoms with Crippen molar-refractivity contribution < 1.29 is 22.8 Å². The molecule has 2 amide bonds. The third-order valence-electron chi connectivity index (χ3n) is 4.89. The van der Waals surface area contributed by atoms with Gasteiger partial charge in [0.15, 0.2) is 0 Å². The monoisotopic (exact) mass is 454 g/mol. The molecular weight excluding hydrogens is 433 g/mol. The van der Waals surface area contributed by atoms with Crippen molar-refractivity contribution in [3.05, 3.63) is 63.9 Å². The summed E-state index contributed by atoms with van der Waals surface area (Å²) in [4.78, 5) is 28.3. The number of nitrogens with zero attached hydrogens (tertiary/aromatic N) is 1. The highest BCUT2D eigenvalue weighted by molar-refractivity contribution is 6.30. The zero-order chi connectivity index (χ0) is 22.8. The van der Waals surface area contributed by atoms with Gasteiger partial charge in [-0.2, -0.15) is 13.2 Å². The molecule has 1 fully saturated rings. The Balaban J connectivity index is 1.91. The van der Waals surface area contributed by atoms with Crippen molar-refractivity contribution in [2.45, 2.75) is 45.2 Å². The van der Waals surface area contributed by atoms with Gasteiger partial charge in [0.2, 0.25) is 11.8 Å². The van der Waals surface area contributed by atoms with Crippen LogP contribution in [0, 0.1) is 5.92 Å². The predicted octanol–water partition coefficient (Wildman–Crippen LogP) is 3.88. The zero-order valence-corrected chi connectivity index (χ0v) is 17.6. The normalized spacial score (nSPS) is 19.3. The van der Waals surface area contributed by atoms with Crippen LogP contribution in [0.1, 0.15) is 54.9 Å². The number of pyridine rings is 1. The summed E-state index contributed by atoms with van der Waals surface area (Å²) in [5.41, 5.74) is -0.0114. The van der Waals surface area contributed by atoms with Gasteiger partial charge in [-0.05, 0) is 29.8 Å². The number of halogens is 4. The van der Waals surface area contributed by atoms with Crippen LogP contribution < -0.4 is 16.0 Å². The van der Waals surface area contributed by atoms with Gasteiger partial charge in [0.25, 0.3) is 0 Å². The van der Waals surface area contributed by atoms with Crippen molar-refractivity contribution in [1.82, 2.24) is 20.9 Å². The number of carbonyl (C=O) groups excluding carboxylic acids is 2. The number of hydrogen-bond acceptors (Lipinski definition) is 4. The average molecular weight is 455 g/mol. The van der Waals surface area contributed by atoms with Gasteiger partial charge in [-0.3, -0.25) is 19.9 Å². The molecule has 2 heterocycles. The lowest BCUT2D eigenvalue weighted by Crippen LogP contribution is -2.47. The lowest BCUT2D eigenvalue weighted by Gasteiger charge is -2.33. The van der Waals surface area contributed by atoms with Gasteiger partial charge >= 0.3 is 6.18 Å². The van der Waals surface area contributed by atoms with Crippen molar-refractivity contribution in [3.63, 3.8) is 0 Å². The van der Waals surface area contributed by atoms with Crippen LogP contribution >= 0.6 is 11.6 Å². The largest absolute Gasteiger partial charge is 0.416 e. The van der Waals surface area contributed by atoms with Gasteiger partial charge in [-0.1, -0.05) is 31.5 Å². The number of alkyl halides is 3. The molecule has 0 bridgehead atoms. The van der Waals surface area contributed by atoms with Gasteiger partial charge in [-0.15, -0.1) is 0 Å². The molecule has 1 aromatic carbocycles. The molecule has 1 aliphatic rings. The Morgan fingerprint density at radius 1 is 1.29 bits per heavy atom. The Morgan fingerprint density at radius 3 is 2.65 bits per heavy atom. The minimum absolute atomic E-state index is 0.0244. The van der Waals surface area contributed by atoms with Crippen molar-refractivity contribution >= 4 is 23.4 Å². The first-order valence-electron chi connectivity index (χ1n) is 9.69. The number of hydrogen-bond donors (Lipinski definition) is 3. The minimum Gasteiger partial charge on any atom is -0.352 e. The fourth-order valence-corrected chi connectivity index (χ4v) is 3.38. The van der Waals surface area contributed by atoms with E-state index in [0.717, 1.165) is 6.07 Å². The third-order valence-corrected chi connectivity index (χ3v) is 5.12. The van der Waals surface area contributed by atoms with Crippen LogP contribution in [0.15, 0.2) is 36.5 Å². The van der Waals surface area contributed by atoms with Crippen molar-refractivity contribution in [2.24, 2.45) is 5.92 Å². The highest BCUT2D eigenvalue weighted by Gasteiger charge is 2.38. The number of nitrogens with one attached hydrogen (secondary N) is 3. The van der Waals surface area contributed by atoms with E-state index in [9.17, 15) is 22.8 Å². The number of aromatic nitrogens is 1. The molecule has 0 aliphatic carbocycles. The third kappa shape index (κ3) is 5.74. The molecule has 31 heavy (non-hydrogen) atoms. The van der Waals surface area contributed by atoms with Crippen molar-refractivity contribution in [2.75, 3.05) is 0 Å². The number of rotatable bonds is 5. The van der Waals surface area contributed by atoms with E-state index in [2.05, 4.69) is 20.9 Å². The molecule has 2 unspecified atom stereocenters. The van der Waals surface area contributed by atoms with Crippen LogP contribution in [0.5, 0.6) is 0 Å². The summed E-state index contributed by atoms with van der Waals surface area (Å²) in [7, 11) is 0. The van der Waals surface area contributed by atoms with Gasteiger partial charge < -0.3 is 10.6 Å². The van der Waals surface area contributed by atoms with Crippen LogP contribution in [0.2, 0.25) is 5.02 Å². The van der Waals surface area contributed by atoms with Gasteiger partial charge in [-0.25, -0.2) is 0 Å². The van der Waals surface area contributed by atoms with E-state index in [1.165, 1.54) is 18.3 Å². The van der Waals surface area contributed by atoms with Crippen LogP contribution in [0.3, 0.4) is 0 Å². The molecule has 166 valence electrons. The van der Waals surface area contributed by atoms with E-state index < -0.39 is 29.9 Å². The molecule has 10 heteroatoms. The molecule has 2 aromatic rings. The lowest BCUT2D eigenvalue weighted by atomic mass is 9.97. The van der Waals surface area contributed by atoms with Crippen LogP contribution in [0.4, 0.5) is 13.2 Å². The van der Waals surface area contributed by atoms with E-state index in [1.54, 1.807) is 26.0 Å². The second-order valence-electron chi connectivity index (χ2n) is 7.62. The summed E-state index contributed by atoms with van der Waals surface area (Å²) in [5.74, 6) is -0.864. The number of amides is 2. The molecule has 6 nitrogen and oxygen atoms in total. The van der Waals surface area contributed by atoms with Gasteiger partial charge in [0, 0.05) is 30.6 Å². The second kappa shape index (κ2) is 9.23. The Hall–Kier alpha value is -2.65. The summed E-state index contributed by atoms with van der Waals surface area (Å²) in [6, 6.07) is 6.27. The smallest absolute Gasteiger partial charge is 0.352 e. The fourth-order valence-electron chi connectivity index (χ4n) is 3.27. The van der Waals surface area contributed by atoms with Crippen LogP contribution in [0.25, 0.3) is 0 Å². The standard InChI is InChI=1S/C21H22ClF3N4O2/c1-11(2)20(31)27-9-12-3-5-15(21(23,24)25)14(7-12)19-28-17(8-18(30)29-19)16-6-4-13(22)10-26-16/h3-7,10-11,17,19,28H,8-9H2,1-2H3,(H,27,31)(H,29,30). The molecule has 1 saturated heterocycles. The maximum atomic E-state index is 13.7. The maximum Gasteiger partial charge on any atom is 0.416 e. The molecule has 0 radical (unpaired) electrons. The Bertz CT molecular complexity index is 964. The quantitative estimate of drug-likeness (QED) is 0.640. The first-order valence-corrected chi connectivity index (χ1v) is 10.1. The van der Waals surface area contributed by atoms with Gasteiger partial charge in [0.05, 0.1) is 22.3 Å².